The summed E-state index contributed by atoms with van der Waals surface area (Å²) in [6.45, 7) is 3.84. The van der Waals surface area contributed by atoms with Crippen molar-refractivity contribution in [3.63, 3.8) is 0 Å². The first kappa shape index (κ1) is 11.3. The number of nitrogens with zero attached hydrogens (tertiary/aromatic N) is 2. The molecule has 0 saturated heterocycles. The molecule has 0 saturated carbocycles. The lowest BCUT2D eigenvalue weighted by Gasteiger charge is -2.13. The molecule has 1 aliphatic carbocycles. The first-order valence-corrected chi connectivity index (χ1v) is 5.87. The highest BCUT2D eigenvalue weighted by Crippen LogP contribution is 2.24. The summed E-state index contributed by atoms with van der Waals surface area (Å²) < 4.78 is 5.11. The van der Waals surface area contributed by atoms with Gasteiger partial charge in [-0.3, -0.25) is 0 Å². The average Bonchev–Trinajstić information content (AvgIpc) is 2.75. The zero-order valence-corrected chi connectivity index (χ0v) is 9.99. The second-order valence-electron chi connectivity index (χ2n) is 4.44. The zero-order chi connectivity index (χ0) is 11.4. The predicted octanol–water partition coefficient (Wildman–Crippen LogP) is 1.66. The maximum Gasteiger partial charge on any atom is 0.132 e. The van der Waals surface area contributed by atoms with E-state index in [2.05, 4.69) is 22.2 Å². The Morgan fingerprint density at radius 2 is 2.31 bits per heavy atom. The fraction of sp³-hybridized carbons (Fsp3) is 0.667. The molecule has 1 aromatic heterocycles. The van der Waals surface area contributed by atoms with Gasteiger partial charge in [-0.2, -0.15) is 0 Å². The highest BCUT2D eigenvalue weighted by atomic mass is 16.5. The minimum absolute atomic E-state index is 0.497. The van der Waals surface area contributed by atoms with Crippen molar-refractivity contribution < 1.29 is 4.74 Å². The standard InChI is InChI=1S/C12H19N3O/c1-9(7-16-2)6-13-12-10-4-3-5-11(10)14-8-15-12/h8-9H,3-7H2,1-2H3,(H,13,14,15). The number of methoxy groups -OCH3 is 1. The van der Waals surface area contributed by atoms with Gasteiger partial charge in [0.2, 0.25) is 0 Å². The Hall–Kier alpha value is -1.16. The Morgan fingerprint density at radius 3 is 3.12 bits per heavy atom. The molecule has 0 bridgehead atoms. The number of hydrogen-bond donors (Lipinski definition) is 1. The van der Waals surface area contributed by atoms with Crippen LogP contribution in [-0.4, -0.2) is 30.2 Å². The first-order chi connectivity index (χ1) is 7.81. The summed E-state index contributed by atoms with van der Waals surface area (Å²) in [5.74, 6) is 1.52. The van der Waals surface area contributed by atoms with Crippen LogP contribution in [0.1, 0.15) is 24.6 Å². The quantitative estimate of drug-likeness (QED) is 0.821. The predicted molar refractivity (Wildman–Crippen MR) is 63.6 cm³/mol. The molecule has 1 N–H and O–H groups in total. The summed E-state index contributed by atoms with van der Waals surface area (Å²) in [4.78, 5) is 8.63. The molecule has 0 aliphatic heterocycles. The number of nitrogens with one attached hydrogen (secondary N) is 1. The molecule has 0 fully saturated rings. The van der Waals surface area contributed by atoms with Crippen LogP contribution in [0, 0.1) is 5.92 Å². The minimum Gasteiger partial charge on any atom is -0.384 e. The Labute approximate surface area is 96.4 Å². The monoisotopic (exact) mass is 221 g/mol. The van der Waals surface area contributed by atoms with Gasteiger partial charge in [-0.15, -0.1) is 0 Å². The van der Waals surface area contributed by atoms with Crippen molar-refractivity contribution in [1.29, 1.82) is 0 Å². The third-order valence-electron chi connectivity index (χ3n) is 2.94. The third kappa shape index (κ3) is 2.50. The SMILES string of the molecule is COCC(C)CNc1ncnc2c1CCC2. The lowest BCUT2D eigenvalue weighted by atomic mass is 10.2. The van der Waals surface area contributed by atoms with Gasteiger partial charge in [0.1, 0.15) is 12.1 Å². The lowest BCUT2D eigenvalue weighted by molar-refractivity contribution is 0.164. The minimum atomic E-state index is 0.497. The van der Waals surface area contributed by atoms with E-state index in [1.807, 2.05) is 0 Å². The molecule has 4 heteroatoms. The highest BCUT2D eigenvalue weighted by Gasteiger charge is 2.16. The Morgan fingerprint density at radius 1 is 1.44 bits per heavy atom. The van der Waals surface area contributed by atoms with Gasteiger partial charge in [0.15, 0.2) is 0 Å². The molecular weight excluding hydrogens is 202 g/mol. The molecule has 0 radical (unpaired) electrons. The molecule has 2 rings (SSSR count). The van der Waals surface area contributed by atoms with Crippen LogP contribution in [0.3, 0.4) is 0 Å². The molecular formula is C12H19N3O. The molecule has 1 aromatic rings. The van der Waals surface area contributed by atoms with Crippen LogP contribution in [0.25, 0.3) is 0 Å². The molecule has 88 valence electrons. The van der Waals surface area contributed by atoms with Crippen LogP contribution in [0.4, 0.5) is 5.82 Å². The van der Waals surface area contributed by atoms with Crippen molar-refractivity contribution in [2.45, 2.75) is 26.2 Å². The molecule has 1 unspecified atom stereocenters. The van der Waals surface area contributed by atoms with Crippen LogP contribution in [0.5, 0.6) is 0 Å². The second-order valence-corrected chi connectivity index (χ2v) is 4.44. The van der Waals surface area contributed by atoms with E-state index in [0.717, 1.165) is 31.8 Å². The van der Waals surface area contributed by atoms with E-state index in [4.69, 9.17) is 4.74 Å². The number of ether oxygens (including phenoxy) is 1. The van der Waals surface area contributed by atoms with E-state index in [1.165, 1.54) is 17.7 Å². The summed E-state index contributed by atoms with van der Waals surface area (Å²) in [6.07, 6.45) is 5.07. The van der Waals surface area contributed by atoms with E-state index in [-0.39, 0.29) is 0 Å². The summed E-state index contributed by atoms with van der Waals surface area (Å²) in [5, 5.41) is 3.40. The van der Waals surface area contributed by atoms with Crippen LogP contribution < -0.4 is 5.32 Å². The second kappa shape index (κ2) is 5.25. The highest BCUT2D eigenvalue weighted by molar-refractivity contribution is 5.47. The van der Waals surface area contributed by atoms with Gasteiger partial charge in [-0.05, 0) is 25.2 Å². The Balaban J connectivity index is 1.97. The third-order valence-corrected chi connectivity index (χ3v) is 2.94. The fourth-order valence-corrected chi connectivity index (χ4v) is 2.13. The van der Waals surface area contributed by atoms with E-state index in [0.29, 0.717) is 5.92 Å². The van der Waals surface area contributed by atoms with Gasteiger partial charge in [-0.25, -0.2) is 9.97 Å². The normalized spacial score (nSPS) is 15.9. The van der Waals surface area contributed by atoms with Crippen molar-refractivity contribution in [2.75, 3.05) is 25.6 Å². The molecule has 4 nitrogen and oxygen atoms in total. The maximum atomic E-state index is 5.11. The van der Waals surface area contributed by atoms with E-state index >= 15 is 0 Å². The van der Waals surface area contributed by atoms with Crippen molar-refractivity contribution in [1.82, 2.24) is 9.97 Å². The van der Waals surface area contributed by atoms with Crippen molar-refractivity contribution in [3.05, 3.63) is 17.6 Å². The van der Waals surface area contributed by atoms with Crippen LogP contribution >= 0.6 is 0 Å². The topological polar surface area (TPSA) is 47.0 Å². The number of hydrogen-bond acceptors (Lipinski definition) is 4. The number of rotatable bonds is 5. The largest absolute Gasteiger partial charge is 0.384 e. The molecule has 0 spiro atoms. The van der Waals surface area contributed by atoms with Gasteiger partial charge in [0.05, 0.1) is 6.61 Å². The smallest absolute Gasteiger partial charge is 0.132 e. The molecule has 0 aromatic carbocycles. The van der Waals surface area contributed by atoms with Gasteiger partial charge in [0.25, 0.3) is 0 Å². The van der Waals surface area contributed by atoms with Gasteiger partial charge in [-0.1, -0.05) is 6.92 Å². The number of aromatic nitrogens is 2. The van der Waals surface area contributed by atoms with Gasteiger partial charge < -0.3 is 10.1 Å². The zero-order valence-electron chi connectivity index (χ0n) is 9.99. The lowest BCUT2D eigenvalue weighted by Crippen LogP contribution is -2.17. The van der Waals surface area contributed by atoms with Gasteiger partial charge >= 0.3 is 0 Å². The summed E-state index contributed by atoms with van der Waals surface area (Å²) in [5.41, 5.74) is 2.53. The summed E-state index contributed by atoms with van der Waals surface area (Å²) in [6, 6.07) is 0. The summed E-state index contributed by atoms with van der Waals surface area (Å²) >= 11 is 0. The Bertz CT molecular complexity index is 354. The van der Waals surface area contributed by atoms with E-state index in [9.17, 15) is 0 Å². The fourth-order valence-electron chi connectivity index (χ4n) is 2.13. The Kier molecular flexibility index (Phi) is 3.72. The number of fused-ring (bicyclic) bond motifs is 1. The van der Waals surface area contributed by atoms with E-state index in [1.54, 1.807) is 13.4 Å². The van der Waals surface area contributed by atoms with Crippen LogP contribution in [0.2, 0.25) is 0 Å². The molecule has 1 atom stereocenters. The average molecular weight is 221 g/mol. The van der Waals surface area contributed by atoms with E-state index < -0.39 is 0 Å². The van der Waals surface area contributed by atoms with Crippen LogP contribution in [-0.2, 0) is 17.6 Å². The van der Waals surface area contributed by atoms with Gasteiger partial charge in [0, 0.05) is 24.9 Å². The molecule has 0 amide bonds. The van der Waals surface area contributed by atoms with Crippen molar-refractivity contribution in [2.24, 2.45) is 5.92 Å². The summed E-state index contributed by atoms with van der Waals surface area (Å²) in [7, 11) is 1.74. The molecule has 1 aliphatic rings. The number of aryl methyl sites for hydroxylation is 1. The van der Waals surface area contributed by atoms with Crippen LogP contribution in [0.15, 0.2) is 6.33 Å². The number of anilines is 1. The maximum absolute atomic E-state index is 5.11. The van der Waals surface area contributed by atoms with Crippen molar-refractivity contribution >= 4 is 5.82 Å². The molecule has 1 heterocycles. The molecule has 16 heavy (non-hydrogen) atoms. The van der Waals surface area contributed by atoms with Crippen molar-refractivity contribution in [3.8, 4) is 0 Å². The first-order valence-electron chi connectivity index (χ1n) is 5.87.